The zero-order chi connectivity index (χ0) is 6.78. The average molecular weight is 126 g/mol. The highest BCUT2D eigenvalue weighted by Gasteiger charge is 2.20. The van der Waals surface area contributed by atoms with E-state index in [1.807, 2.05) is 20.0 Å². The molecule has 1 nitrogen and oxygen atoms in total. The van der Waals surface area contributed by atoms with Crippen molar-refractivity contribution < 1.29 is 4.79 Å². The Morgan fingerprint density at radius 3 is 2.00 bits per heavy atom. The van der Waals surface area contributed by atoms with Gasteiger partial charge in [0, 0.05) is 0 Å². The van der Waals surface area contributed by atoms with E-state index in [4.69, 9.17) is 7.44 Å². The predicted molar refractivity (Wildman–Crippen MR) is 38.5 cm³/mol. The van der Waals surface area contributed by atoms with Crippen LogP contribution in [0, 0.1) is 0 Å². The van der Waals surface area contributed by atoms with Gasteiger partial charge in [-0.15, -0.1) is 0 Å². The van der Waals surface area contributed by atoms with Crippen molar-refractivity contribution >= 4 is 20.8 Å². The van der Waals surface area contributed by atoms with Gasteiger partial charge < -0.3 is 4.79 Å². The third-order valence-electron chi connectivity index (χ3n) is 1.04. The Hall–Kier alpha value is -0.0482. The Labute approximate surface area is 52.8 Å². The van der Waals surface area contributed by atoms with Crippen molar-refractivity contribution in [1.29, 1.82) is 0 Å². The van der Waals surface area contributed by atoms with Crippen LogP contribution < -0.4 is 0 Å². The van der Waals surface area contributed by atoms with Gasteiger partial charge in [0.25, 0.3) is 0 Å². The van der Waals surface area contributed by atoms with Crippen molar-refractivity contribution in [2.45, 2.75) is 26.4 Å². The quantitative estimate of drug-likeness (QED) is 0.502. The summed E-state index contributed by atoms with van der Waals surface area (Å²) in [7, 11) is 3.68. The molecule has 0 rings (SSSR count). The van der Waals surface area contributed by atoms with E-state index in [1.54, 1.807) is 0 Å². The van der Waals surface area contributed by atoms with Crippen molar-refractivity contribution in [3.05, 3.63) is 0 Å². The van der Waals surface area contributed by atoms with Crippen LogP contribution in [0.5, 0.6) is 0 Å². The summed E-state index contributed by atoms with van der Waals surface area (Å²) in [5, 5.41) is 0.248. The molecule has 0 saturated heterocycles. The van der Waals surface area contributed by atoms with E-state index in [-0.39, 0.29) is 5.41 Å². The second-order valence-electron chi connectivity index (χ2n) is 2.50. The minimum absolute atomic E-state index is 0.248. The first-order chi connectivity index (χ1) is 3.48. The van der Waals surface area contributed by atoms with Crippen molar-refractivity contribution in [3.8, 4) is 0 Å². The number of hydrogen-bond donors (Lipinski definition) is 0. The standard InChI is InChI=1S/C5H11BOSi/c1-4-5(7)8(2,3)6/h4H2,1-3H3. The molecule has 2 radical (unpaired) electrons. The first-order valence-electron chi connectivity index (χ1n) is 2.80. The fraction of sp³-hybridized carbons (Fsp3) is 0.800. The molecule has 0 N–H and O–H groups in total. The highest BCUT2D eigenvalue weighted by molar-refractivity contribution is 7.32. The van der Waals surface area contributed by atoms with Crippen LogP contribution in [0.1, 0.15) is 13.3 Å². The van der Waals surface area contributed by atoms with Gasteiger partial charge in [-0.1, -0.05) is 20.0 Å². The van der Waals surface area contributed by atoms with E-state index in [9.17, 15) is 4.79 Å². The predicted octanol–water partition coefficient (Wildman–Crippen LogP) is 0.878. The summed E-state index contributed by atoms with van der Waals surface area (Å²) < 4.78 is 0. The maximum Gasteiger partial charge on any atom is 0.102 e. The molecule has 0 atom stereocenters. The van der Waals surface area contributed by atoms with Crippen molar-refractivity contribution in [2.75, 3.05) is 0 Å². The first kappa shape index (κ1) is 7.95. The smallest absolute Gasteiger partial charge is 0.102 e. The van der Waals surface area contributed by atoms with E-state index in [1.165, 1.54) is 0 Å². The van der Waals surface area contributed by atoms with Gasteiger partial charge in [-0.3, -0.25) is 0 Å². The van der Waals surface area contributed by atoms with Gasteiger partial charge in [-0.05, 0) is 6.42 Å². The summed E-state index contributed by atoms with van der Waals surface area (Å²) >= 11 is 0. The Morgan fingerprint density at radius 1 is 1.62 bits per heavy atom. The molecule has 0 fully saturated rings. The minimum Gasteiger partial charge on any atom is -0.306 e. The van der Waals surface area contributed by atoms with E-state index in [0.29, 0.717) is 6.42 Å². The van der Waals surface area contributed by atoms with Gasteiger partial charge in [0.2, 0.25) is 0 Å². The molecule has 0 amide bonds. The van der Waals surface area contributed by atoms with Crippen molar-refractivity contribution in [2.24, 2.45) is 0 Å². The Balaban J connectivity index is 3.82. The normalized spacial score (nSPS) is 11.4. The Bertz CT molecular complexity index is 95.1. The van der Waals surface area contributed by atoms with Gasteiger partial charge in [0.15, 0.2) is 0 Å². The second kappa shape index (κ2) is 2.49. The highest BCUT2D eigenvalue weighted by Crippen LogP contribution is 1.98. The van der Waals surface area contributed by atoms with Crippen LogP contribution in [-0.4, -0.2) is 20.8 Å². The molecule has 44 valence electrons. The largest absolute Gasteiger partial charge is 0.306 e. The van der Waals surface area contributed by atoms with Gasteiger partial charge in [0.1, 0.15) is 5.41 Å². The molecular weight excluding hydrogens is 115 g/mol. The fourth-order valence-corrected chi connectivity index (χ4v) is 1.37. The summed E-state index contributed by atoms with van der Waals surface area (Å²) in [5.41, 5.74) is 0. The van der Waals surface area contributed by atoms with Crippen LogP contribution in [0.25, 0.3) is 0 Å². The maximum absolute atomic E-state index is 10.8. The summed E-state index contributed by atoms with van der Waals surface area (Å²) in [6.45, 7) is 5.57. The molecule has 0 aromatic rings. The number of hydrogen-bond acceptors (Lipinski definition) is 1. The van der Waals surface area contributed by atoms with E-state index < -0.39 is 7.94 Å². The molecule has 0 spiro atoms. The summed E-state index contributed by atoms with van der Waals surface area (Å²) in [4.78, 5) is 10.8. The Kier molecular flexibility index (Phi) is 2.47. The molecule has 0 aromatic carbocycles. The summed E-state index contributed by atoms with van der Waals surface area (Å²) in [5.74, 6) is 0. The van der Waals surface area contributed by atoms with Crippen LogP contribution in [0.3, 0.4) is 0 Å². The van der Waals surface area contributed by atoms with E-state index in [0.717, 1.165) is 0 Å². The molecule has 0 aliphatic carbocycles. The van der Waals surface area contributed by atoms with Crippen LogP contribution in [0.15, 0.2) is 0 Å². The molecule has 3 heteroatoms. The average Bonchev–Trinajstić information content (AvgIpc) is 1.62. The molecule has 0 saturated carbocycles. The highest BCUT2D eigenvalue weighted by atomic mass is 28.3. The zero-order valence-corrected chi connectivity index (χ0v) is 6.69. The molecule has 0 aromatic heterocycles. The van der Waals surface area contributed by atoms with Gasteiger partial charge in [-0.2, -0.15) is 0 Å². The summed E-state index contributed by atoms with van der Waals surface area (Å²) in [6.07, 6.45) is 0.593. The van der Waals surface area contributed by atoms with Gasteiger partial charge >= 0.3 is 0 Å². The maximum atomic E-state index is 10.8. The summed E-state index contributed by atoms with van der Waals surface area (Å²) in [6, 6.07) is 0. The lowest BCUT2D eigenvalue weighted by Gasteiger charge is -2.11. The molecule has 0 unspecified atom stereocenters. The monoisotopic (exact) mass is 126 g/mol. The number of carbonyl (C=O) groups excluding carboxylic acids is 1. The zero-order valence-electron chi connectivity index (χ0n) is 5.69. The Morgan fingerprint density at radius 2 is 2.00 bits per heavy atom. The van der Waals surface area contributed by atoms with Crippen LogP contribution in [0.4, 0.5) is 0 Å². The molecule has 0 bridgehead atoms. The van der Waals surface area contributed by atoms with E-state index in [2.05, 4.69) is 0 Å². The van der Waals surface area contributed by atoms with Crippen molar-refractivity contribution in [1.82, 2.24) is 0 Å². The molecular formula is C5H11BOSi. The molecule has 0 heterocycles. The second-order valence-corrected chi connectivity index (χ2v) is 6.50. The lowest BCUT2D eigenvalue weighted by atomic mass is 10.6. The number of rotatable bonds is 2. The third-order valence-corrected chi connectivity index (χ3v) is 2.83. The SMILES string of the molecule is [B][Si](C)(C)C(=O)CC. The lowest BCUT2D eigenvalue weighted by Crippen LogP contribution is -2.37. The molecule has 8 heavy (non-hydrogen) atoms. The molecule has 0 aliphatic heterocycles. The minimum atomic E-state index is -1.90. The lowest BCUT2D eigenvalue weighted by molar-refractivity contribution is -0.112. The van der Waals surface area contributed by atoms with E-state index >= 15 is 0 Å². The van der Waals surface area contributed by atoms with Crippen LogP contribution in [0.2, 0.25) is 13.1 Å². The van der Waals surface area contributed by atoms with Crippen molar-refractivity contribution in [3.63, 3.8) is 0 Å². The molecule has 0 aliphatic rings. The first-order valence-corrected chi connectivity index (χ1v) is 5.88. The van der Waals surface area contributed by atoms with Crippen LogP contribution in [-0.2, 0) is 4.79 Å². The van der Waals surface area contributed by atoms with Gasteiger partial charge in [0.05, 0.1) is 15.4 Å². The van der Waals surface area contributed by atoms with Crippen LogP contribution >= 0.6 is 0 Å². The topological polar surface area (TPSA) is 17.1 Å². The third kappa shape index (κ3) is 2.31. The fourth-order valence-electron chi connectivity index (χ4n) is 0.456. The van der Waals surface area contributed by atoms with Gasteiger partial charge in [-0.25, -0.2) is 0 Å². The number of carbonyl (C=O) groups is 1.